The number of nitrogens with one attached hydrogen (secondary N) is 2. The summed E-state index contributed by atoms with van der Waals surface area (Å²) >= 11 is 0. The Kier molecular flexibility index (Phi) is 6.49. The SMILES string of the molecule is CC(C)CCCC(C)NC(=O)CN1CC2CCCNC2C1. The maximum Gasteiger partial charge on any atom is 0.234 e. The van der Waals surface area contributed by atoms with Crippen molar-refractivity contribution in [2.24, 2.45) is 11.8 Å². The molecule has 2 aliphatic rings. The van der Waals surface area contributed by atoms with Gasteiger partial charge in [-0.1, -0.05) is 26.7 Å². The molecule has 0 aromatic rings. The van der Waals surface area contributed by atoms with Crippen LogP contribution in [0.1, 0.15) is 52.9 Å². The topological polar surface area (TPSA) is 44.4 Å². The number of hydrogen-bond donors (Lipinski definition) is 2. The first-order chi connectivity index (χ1) is 10.0. The van der Waals surface area contributed by atoms with Crippen molar-refractivity contribution in [2.75, 3.05) is 26.2 Å². The Morgan fingerprint density at radius 3 is 2.81 bits per heavy atom. The molecule has 2 N–H and O–H groups in total. The molecule has 0 radical (unpaired) electrons. The molecule has 2 fully saturated rings. The molecule has 2 saturated heterocycles. The Morgan fingerprint density at radius 2 is 2.10 bits per heavy atom. The largest absolute Gasteiger partial charge is 0.353 e. The van der Waals surface area contributed by atoms with Gasteiger partial charge in [0.2, 0.25) is 5.91 Å². The van der Waals surface area contributed by atoms with Crippen molar-refractivity contribution in [3.8, 4) is 0 Å². The zero-order valence-electron chi connectivity index (χ0n) is 14.0. The van der Waals surface area contributed by atoms with E-state index in [1.807, 2.05) is 0 Å². The lowest BCUT2D eigenvalue weighted by Crippen LogP contribution is -2.42. The molecule has 4 nitrogen and oxygen atoms in total. The van der Waals surface area contributed by atoms with Crippen LogP contribution in [-0.2, 0) is 4.79 Å². The molecule has 0 aliphatic carbocycles. The van der Waals surface area contributed by atoms with E-state index >= 15 is 0 Å². The highest BCUT2D eigenvalue weighted by molar-refractivity contribution is 5.78. The number of rotatable bonds is 7. The van der Waals surface area contributed by atoms with Gasteiger partial charge in [-0.25, -0.2) is 0 Å². The number of nitrogens with zero attached hydrogens (tertiary/aromatic N) is 1. The number of amides is 1. The molecular weight excluding hydrogens is 262 g/mol. The van der Waals surface area contributed by atoms with E-state index in [9.17, 15) is 4.79 Å². The zero-order chi connectivity index (χ0) is 15.2. The third kappa shape index (κ3) is 5.59. The Hall–Kier alpha value is -0.610. The fraction of sp³-hybridized carbons (Fsp3) is 0.941. The minimum absolute atomic E-state index is 0.200. The highest BCUT2D eigenvalue weighted by atomic mass is 16.2. The first-order valence-electron chi connectivity index (χ1n) is 8.79. The van der Waals surface area contributed by atoms with E-state index in [1.165, 1.54) is 25.7 Å². The molecule has 122 valence electrons. The van der Waals surface area contributed by atoms with Gasteiger partial charge < -0.3 is 10.6 Å². The van der Waals surface area contributed by atoms with Gasteiger partial charge in [-0.2, -0.15) is 0 Å². The van der Waals surface area contributed by atoms with Crippen molar-refractivity contribution >= 4 is 5.91 Å². The van der Waals surface area contributed by atoms with Gasteiger partial charge in [0, 0.05) is 25.2 Å². The molecule has 21 heavy (non-hydrogen) atoms. The fourth-order valence-electron chi connectivity index (χ4n) is 3.69. The summed E-state index contributed by atoms with van der Waals surface area (Å²) in [6.07, 6.45) is 6.16. The lowest BCUT2D eigenvalue weighted by molar-refractivity contribution is -0.122. The molecule has 0 saturated carbocycles. The maximum absolute atomic E-state index is 12.1. The van der Waals surface area contributed by atoms with E-state index in [2.05, 4.69) is 36.3 Å². The monoisotopic (exact) mass is 295 g/mol. The van der Waals surface area contributed by atoms with Gasteiger partial charge in [-0.15, -0.1) is 0 Å². The smallest absolute Gasteiger partial charge is 0.234 e. The van der Waals surface area contributed by atoms with E-state index in [4.69, 9.17) is 0 Å². The van der Waals surface area contributed by atoms with Gasteiger partial charge in [-0.3, -0.25) is 9.69 Å². The maximum atomic E-state index is 12.1. The second-order valence-electron chi connectivity index (χ2n) is 7.45. The minimum Gasteiger partial charge on any atom is -0.353 e. The van der Waals surface area contributed by atoms with Gasteiger partial charge in [0.05, 0.1) is 6.54 Å². The average molecular weight is 295 g/mol. The summed E-state index contributed by atoms with van der Waals surface area (Å²) in [5, 5.41) is 6.75. The fourth-order valence-corrected chi connectivity index (χ4v) is 3.69. The molecule has 0 aromatic carbocycles. The van der Waals surface area contributed by atoms with Crippen molar-refractivity contribution < 1.29 is 4.79 Å². The molecule has 2 rings (SSSR count). The lowest BCUT2D eigenvalue weighted by atomic mass is 9.94. The second-order valence-corrected chi connectivity index (χ2v) is 7.45. The first-order valence-corrected chi connectivity index (χ1v) is 8.79. The number of piperidine rings is 1. The van der Waals surface area contributed by atoms with Crippen molar-refractivity contribution in [1.82, 2.24) is 15.5 Å². The van der Waals surface area contributed by atoms with Crippen LogP contribution in [0.5, 0.6) is 0 Å². The van der Waals surface area contributed by atoms with Crippen LogP contribution in [-0.4, -0.2) is 49.1 Å². The third-order valence-corrected chi connectivity index (χ3v) is 4.87. The van der Waals surface area contributed by atoms with Crippen LogP contribution >= 0.6 is 0 Å². The highest BCUT2D eigenvalue weighted by Crippen LogP contribution is 2.24. The summed E-state index contributed by atoms with van der Waals surface area (Å²) in [5.74, 6) is 1.72. The van der Waals surface area contributed by atoms with Gasteiger partial charge in [0.25, 0.3) is 0 Å². The summed E-state index contributed by atoms with van der Waals surface area (Å²) in [7, 11) is 0. The summed E-state index contributed by atoms with van der Waals surface area (Å²) in [6, 6.07) is 0.925. The van der Waals surface area contributed by atoms with Crippen molar-refractivity contribution in [2.45, 2.75) is 65.0 Å². The van der Waals surface area contributed by atoms with E-state index in [1.54, 1.807) is 0 Å². The predicted molar refractivity (Wildman–Crippen MR) is 87.2 cm³/mol. The van der Waals surface area contributed by atoms with Crippen molar-refractivity contribution in [1.29, 1.82) is 0 Å². The normalized spacial score (nSPS) is 27.6. The van der Waals surface area contributed by atoms with Crippen LogP contribution in [0.3, 0.4) is 0 Å². The van der Waals surface area contributed by atoms with Crippen molar-refractivity contribution in [3.63, 3.8) is 0 Å². The van der Waals surface area contributed by atoms with E-state index in [-0.39, 0.29) is 5.91 Å². The number of likely N-dealkylation sites (tertiary alicyclic amines) is 1. The minimum atomic E-state index is 0.200. The first kappa shape index (κ1) is 16.8. The lowest BCUT2D eigenvalue weighted by Gasteiger charge is -2.24. The van der Waals surface area contributed by atoms with Gasteiger partial charge >= 0.3 is 0 Å². The summed E-state index contributed by atoms with van der Waals surface area (Å²) in [5.41, 5.74) is 0. The number of carbonyl (C=O) groups is 1. The van der Waals surface area contributed by atoms with Crippen LogP contribution in [0, 0.1) is 11.8 Å². The van der Waals surface area contributed by atoms with E-state index in [0.29, 0.717) is 18.6 Å². The summed E-state index contributed by atoms with van der Waals surface area (Å²) in [4.78, 5) is 14.5. The molecular formula is C17H33N3O. The van der Waals surface area contributed by atoms with Crippen LogP contribution in [0.25, 0.3) is 0 Å². The Labute approximate surface area is 130 Å². The summed E-state index contributed by atoms with van der Waals surface area (Å²) in [6.45, 7) is 10.5. The molecule has 1 amide bonds. The van der Waals surface area contributed by atoms with Crippen molar-refractivity contribution in [3.05, 3.63) is 0 Å². The molecule has 3 unspecified atom stereocenters. The molecule has 0 aromatic heterocycles. The quantitative estimate of drug-likeness (QED) is 0.755. The van der Waals surface area contributed by atoms with Crippen LogP contribution in [0.15, 0.2) is 0 Å². The molecule has 0 spiro atoms. The van der Waals surface area contributed by atoms with E-state index in [0.717, 1.165) is 37.9 Å². The summed E-state index contributed by atoms with van der Waals surface area (Å²) < 4.78 is 0. The number of hydrogen-bond acceptors (Lipinski definition) is 3. The number of carbonyl (C=O) groups excluding carboxylic acids is 1. The Bertz CT molecular complexity index is 318. The standard InChI is InChI=1S/C17H33N3O/c1-13(2)6-4-7-14(3)19-17(21)12-20-10-15-8-5-9-18-16(15)11-20/h13-16,18H,4-12H2,1-3H3,(H,19,21). The molecule has 3 atom stereocenters. The number of fused-ring (bicyclic) bond motifs is 1. The van der Waals surface area contributed by atoms with Gasteiger partial charge in [-0.05, 0) is 44.6 Å². The second kappa shape index (κ2) is 8.14. The van der Waals surface area contributed by atoms with Crippen LogP contribution in [0.2, 0.25) is 0 Å². The Balaban J connectivity index is 1.63. The molecule has 2 aliphatic heterocycles. The van der Waals surface area contributed by atoms with Gasteiger partial charge in [0.15, 0.2) is 0 Å². The zero-order valence-corrected chi connectivity index (χ0v) is 14.0. The van der Waals surface area contributed by atoms with Crippen LogP contribution in [0.4, 0.5) is 0 Å². The Morgan fingerprint density at radius 1 is 1.29 bits per heavy atom. The van der Waals surface area contributed by atoms with Crippen LogP contribution < -0.4 is 10.6 Å². The molecule has 4 heteroatoms. The molecule has 0 bridgehead atoms. The average Bonchev–Trinajstić information content (AvgIpc) is 2.79. The molecule has 2 heterocycles. The third-order valence-electron chi connectivity index (χ3n) is 4.87. The van der Waals surface area contributed by atoms with E-state index < -0.39 is 0 Å². The predicted octanol–water partition coefficient (Wildman–Crippen LogP) is 2.00. The van der Waals surface area contributed by atoms with Gasteiger partial charge in [0.1, 0.15) is 0 Å². The highest BCUT2D eigenvalue weighted by Gasteiger charge is 2.34.